The second-order valence-corrected chi connectivity index (χ2v) is 4.23. The van der Waals surface area contributed by atoms with Gasteiger partial charge in [0.2, 0.25) is 11.7 Å². The number of rotatable bonds is 3. The van der Waals surface area contributed by atoms with E-state index in [1.54, 1.807) is 6.92 Å². The van der Waals surface area contributed by atoms with Crippen LogP contribution in [0.25, 0.3) is 11.4 Å². The molecule has 0 atom stereocenters. The van der Waals surface area contributed by atoms with Gasteiger partial charge in [0.05, 0.1) is 0 Å². The van der Waals surface area contributed by atoms with E-state index in [1.807, 2.05) is 0 Å². The summed E-state index contributed by atoms with van der Waals surface area (Å²) < 4.78 is 41.2. The fourth-order valence-corrected chi connectivity index (χ4v) is 1.51. The predicted molar refractivity (Wildman–Crippen MR) is 67.5 cm³/mol. The van der Waals surface area contributed by atoms with Gasteiger partial charge in [-0.3, -0.25) is 14.9 Å². The Kier molecular flexibility index (Phi) is 4.25. The molecule has 0 aliphatic heterocycles. The van der Waals surface area contributed by atoms with E-state index in [1.165, 1.54) is 24.3 Å². The number of halogens is 3. The largest absolute Gasteiger partial charge is 0.471 e. The Labute approximate surface area is 122 Å². The van der Waals surface area contributed by atoms with Crippen LogP contribution in [0.4, 0.5) is 13.2 Å². The van der Waals surface area contributed by atoms with Crippen molar-refractivity contribution in [3.05, 3.63) is 35.7 Å². The van der Waals surface area contributed by atoms with Gasteiger partial charge in [0.1, 0.15) is 0 Å². The van der Waals surface area contributed by atoms with Crippen molar-refractivity contribution in [2.24, 2.45) is 0 Å². The van der Waals surface area contributed by atoms with Crippen LogP contribution < -0.4 is 5.32 Å². The lowest BCUT2D eigenvalue weighted by molar-refractivity contribution is -0.159. The summed E-state index contributed by atoms with van der Waals surface area (Å²) in [5.74, 6) is -2.72. The number of alkyl halides is 3. The van der Waals surface area contributed by atoms with Crippen molar-refractivity contribution >= 4 is 11.8 Å². The molecule has 2 amide bonds. The predicted octanol–water partition coefficient (Wildman–Crippen LogP) is 2.42. The molecule has 0 saturated heterocycles. The van der Waals surface area contributed by atoms with Gasteiger partial charge in [-0.1, -0.05) is 24.2 Å². The normalized spacial score (nSPS) is 11.3. The molecule has 6 nitrogen and oxygen atoms in total. The Morgan fingerprint density at radius 1 is 1.23 bits per heavy atom. The molecule has 1 N–H and O–H groups in total. The Morgan fingerprint density at radius 3 is 2.36 bits per heavy atom. The molecule has 2 aromatic rings. The average molecular weight is 313 g/mol. The minimum absolute atomic E-state index is 0.160. The summed E-state index contributed by atoms with van der Waals surface area (Å²) in [5, 5.41) is 5.38. The molecular weight excluding hydrogens is 303 g/mol. The molecule has 0 aliphatic carbocycles. The molecule has 9 heteroatoms. The highest BCUT2D eigenvalue weighted by atomic mass is 19.4. The lowest BCUT2D eigenvalue weighted by Gasteiger charge is -2.02. The highest BCUT2D eigenvalue weighted by Crippen LogP contribution is 2.29. The molecule has 0 bridgehead atoms. The van der Waals surface area contributed by atoms with E-state index in [-0.39, 0.29) is 23.4 Å². The first-order valence-corrected chi connectivity index (χ1v) is 6.16. The number of amides is 2. The monoisotopic (exact) mass is 313 g/mol. The van der Waals surface area contributed by atoms with Crippen molar-refractivity contribution in [3.63, 3.8) is 0 Å². The number of hydrogen-bond donors (Lipinski definition) is 1. The first-order chi connectivity index (χ1) is 10.3. The van der Waals surface area contributed by atoms with Crippen molar-refractivity contribution in [1.29, 1.82) is 0 Å². The quantitative estimate of drug-likeness (QED) is 0.940. The highest BCUT2D eigenvalue weighted by Gasteiger charge is 2.38. The van der Waals surface area contributed by atoms with Gasteiger partial charge in [0.25, 0.3) is 5.91 Å². The Morgan fingerprint density at radius 2 is 1.86 bits per heavy atom. The standard InChI is InChI=1S/C13H10F3N3O3/c1-2-9(20)17-11(21)8-5-3-7(4-6-8)10-18-12(22-19-10)13(14,15)16/h3-6H,2H2,1H3,(H,17,20,21). The van der Waals surface area contributed by atoms with Crippen LogP contribution in [0.2, 0.25) is 0 Å². The number of carbonyl (C=O) groups is 2. The minimum atomic E-state index is -4.72. The summed E-state index contributed by atoms with van der Waals surface area (Å²) in [4.78, 5) is 26.0. The third kappa shape index (κ3) is 3.48. The topological polar surface area (TPSA) is 85.1 Å². The first-order valence-electron chi connectivity index (χ1n) is 6.16. The summed E-state index contributed by atoms with van der Waals surface area (Å²) >= 11 is 0. The minimum Gasteiger partial charge on any atom is -0.329 e. The number of imide groups is 1. The highest BCUT2D eigenvalue weighted by molar-refractivity contribution is 6.04. The number of benzene rings is 1. The molecule has 22 heavy (non-hydrogen) atoms. The molecule has 1 aromatic heterocycles. The van der Waals surface area contributed by atoms with E-state index >= 15 is 0 Å². The van der Waals surface area contributed by atoms with Gasteiger partial charge >= 0.3 is 12.1 Å². The van der Waals surface area contributed by atoms with Crippen LogP contribution in [0.5, 0.6) is 0 Å². The van der Waals surface area contributed by atoms with Gasteiger partial charge in [0, 0.05) is 17.5 Å². The van der Waals surface area contributed by atoms with Gasteiger partial charge in [-0.2, -0.15) is 18.2 Å². The number of nitrogens with zero attached hydrogens (tertiary/aromatic N) is 2. The van der Waals surface area contributed by atoms with E-state index in [2.05, 4.69) is 20.0 Å². The van der Waals surface area contributed by atoms with Crippen LogP contribution in [0.1, 0.15) is 29.6 Å². The Balaban J connectivity index is 2.17. The smallest absolute Gasteiger partial charge is 0.329 e. The number of aromatic nitrogens is 2. The van der Waals surface area contributed by atoms with Crippen LogP contribution in [-0.4, -0.2) is 22.0 Å². The maximum Gasteiger partial charge on any atom is 0.471 e. The van der Waals surface area contributed by atoms with Gasteiger partial charge < -0.3 is 4.52 Å². The molecular formula is C13H10F3N3O3. The molecule has 0 spiro atoms. The number of carbonyl (C=O) groups excluding carboxylic acids is 2. The van der Waals surface area contributed by atoms with Crippen LogP contribution in [-0.2, 0) is 11.0 Å². The number of hydrogen-bond acceptors (Lipinski definition) is 5. The maximum atomic E-state index is 12.4. The molecule has 0 saturated carbocycles. The molecule has 1 heterocycles. The molecule has 0 unspecified atom stereocenters. The second kappa shape index (κ2) is 5.96. The summed E-state index contributed by atoms with van der Waals surface area (Å²) in [6, 6.07) is 5.40. The second-order valence-electron chi connectivity index (χ2n) is 4.23. The van der Waals surface area contributed by atoms with Gasteiger partial charge in [-0.05, 0) is 12.1 Å². The molecule has 0 fully saturated rings. The van der Waals surface area contributed by atoms with Crippen molar-refractivity contribution in [2.75, 3.05) is 0 Å². The van der Waals surface area contributed by atoms with Crippen molar-refractivity contribution in [3.8, 4) is 11.4 Å². The molecule has 0 radical (unpaired) electrons. The third-order valence-corrected chi connectivity index (χ3v) is 2.65. The Hall–Kier alpha value is -2.71. The van der Waals surface area contributed by atoms with Gasteiger partial charge in [0.15, 0.2) is 0 Å². The average Bonchev–Trinajstić information content (AvgIpc) is 2.97. The van der Waals surface area contributed by atoms with E-state index in [9.17, 15) is 22.8 Å². The lowest BCUT2D eigenvalue weighted by Crippen LogP contribution is -2.29. The van der Waals surface area contributed by atoms with E-state index < -0.39 is 23.9 Å². The maximum absolute atomic E-state index is 12.4. The third-order valence-electron chi connectivity index (χ3n) is 2.65. The van der Waals surface area contributed by atoms with Crippen LogP contribution in [0.15, 0.2) is 28.8 Å². The zero-order chi connectivity index (χ0) is 16.3. The van der Waals surface area contributed by atoms with Crippen LogP contribution in [0.3, 0.4) is 0 Å². The van der Waals surface area contributed by atoms with Crippen LogP contribution in [0, 0.1) is 0 Å². The fraction of sp³-hybridized carbons (Fsp3) is 0.231. The summed E-state index contributed by atoms with van der Waals surface area (Å²) in [7, 11) is 0. The van der Waals surface area contributed by atoms with Crippen LogP contribution >= 0.6 is 0 Å². The molecule has 0 aliphatic rings. The molecule has 1 aromatic carbocycles. The molecule has 116 valence electrons. The van der Waals surface area contributed by atoms with E-state index in [0.29, 0.717) is 0 Å². The first kappa shape index (κ1) is 15.7. The molecule has 2 rings (SSSR count). The summed E-state index contributed by atoms with van der Waals surface area (Å²) in [6.45, 7) is 1.60. The zero-order valence-corrected chi connectivity index (χ0v) is 11.3. The zero-order valence-electron chi connectivity index (χ0n) is 11.3. The number of nitrogens with one attached hydrogen (secondary N) is 1. The van der Waals surface area contributed by atoms with Gasteiger partial charge in [-0.15, -0.1) is 0 Å². The van der Waals surface area contributed by atoms with Crippen molar-refractivity contribution < 1.29 is 27.3 Å². The summed E-state index contributed by atoms with van der Waals surface area (Å²) in [6.07, 6.45) is -4.56. The van der Waals surface area contributed by atoms with Crippen molar-refractivity contribution in [2.45, 2.75) is 19.5 Å². The fourth-order valence-electron chi connectivity index (χ4n) is 1.51. The lowest BCUT2D eigenvalue weighted by atomic mass is 10.1. The van der Waals surface area contributed by atoms with Gasteiger partial charge in [-0.25, -0.2) is 0 Å². The Bertz CT molecular complexity index is 693. The SMILES string of the molecule is CCC(=O)NC(=O)c1ccc(-c2noc(C(F)(F)F)n2)cc1. The summed E-state index contributed by atoms with van der Waals surface area (Å²) in [5.41, 5.74) is 0.433. The van der Waals surface area contributed by atoms with E-state index in [4.69, 9.17) is 0 Å². The van der Waals surface area contributed by atoms with Crippen molar-refractivity contribution in [1.82, 2.24) is 15.5 Å². The van der Waals surface area contributed by atoms with E-state index in [0.717, 1.165) is 0 Å².